The minimum atomic E-state index is -4.45. The van der Waals surface area contributed by atoms with Gasteiger partial charge in [0.15, 0.2) is 17.3 Å². The minimum Gasteiger partial charge on any atom is -0.493 e. The van der Waals surface area contributed by atoms with E-state index in [1.165, 1.54) is 36.9 Å². The standard InChI is InChI=1S/C24H16F3N3O4S/c1-32-18-8-6-14(11-19(18)33-2)21-28-23-30(29-21)22(31)20(35-23)12-16-7-9-17(34-16)13-4-3-5-15(10-13)24(25,26)27/h3-12H,1-2H3/b20-12-. The maximum Gasteiger partial charge on any atom is 0.416 e. The van der Waals surface area contributed by atoms with Gasteiger partial charge in [-0.25, -0.2) is 0 Å². The van der Waals surface area contributed by atoms with Crippen molar-refractivity contribution in [3.63, 3.8) is 0 Å². The van der Waals surface area contributed by atoms with Crippen molar-refractivity contribution < 1.29 is 27.1 Å². The number of thiazole rings is 1. The fraction of sp³-hybridized carbons (Fsp3) is 0.125. The maximum atomic E-state index is 13.0. The van der Waals surface area contributed by atoms with Crippen molar-refractivity contribution in [2.45, 2.75) is 6.18 Å². The molecule has 5 aromatic rings. The van der Waals surface area contributed by atoms with Crippen molar-refractivity contribution in [3.05, 3.63) is 80.8 Å². The number of ether oxygens (including phenoxy) is 2. The van der Waals surface area contributed by atoms with E-state index in [9.17, 15) is 18.0 Å². The van der Waals surface area contributed by atoms with Gasteiger partial charge in [0.2, 0.25) is 4.96 Å². The molecule has 0 aliphatic rings. The normalized spacial score (nSPS) is 12.4. The SMILES string of the molecule is COc1ccc(-c2nc3s/c(=C\c4ccc(-c5cccc(C(F)(F)F)c5)o4)c(=O)n3n2)cc1OC. The molecule has 7 nitrogen and oxygen atoms in total. The second kappa shape index (κ2) is 8.58. The van der Waals surface area contributed by atoms with Crippen molar-refractivity contribution in [2.24, 2.45) is 0 Å². The Morgan fingerprint density at radius 2 is 1.80 bits per heavy atom. The Morgan fingerprint density at radius 3 is 2.51 bits per heavy atom. The van der Waals surface area contributed by atoms with Crippen LogP contribution in [0.1, 0.15) is 11.3 Å². The molecule has 0 amide bonds. The zero-order chi connectivity index (χ0) is 24.7. The maximum absolute atomic E-state index is 13.0. The highest BCUT2D eigenvalue weighted by molar-refractivity contribution is 7.15. The van der Waals surface area contributed by atoms with Crippen LogP contribution in [0.25, 0.3) is 33.7 Å². The van der Waals surface area contributed by atoms with Gasteiger partial charge in [-0.05, 0) is 42.5 Å². The van der Waals surface area contributed by atoms with Gasteiger partial charge in [-0.3, -0.25) is 4.79 Å². The van der Waals surface area contributed by atoms with Crippen LogP contribution in [0.3, 0.4) is 0 Å². The summed E-state index contributed by atoms with van der Waals surface area (Å²) in [5, 5.41) is 4.31. The van der Waals surface area contributed by atoms with E-state index >= 15 is 0 Å². The molecule has 3 aromatic heterocycles. The summed E-state index contributed by atoms with van der Waals surface area (Å²) in [7, 11) is 3.05. The first kappa shape index (κ1) is 22.7. The number of hydrogen-bond donors (Lipinski definition) is 0. The number of fused-ring (bicyclic) bond motifs is 1. The Kier molecular flexibility index (Phi) is 5.56. The van der Waals surface area contributed by atoms with Gasteiger partial charge in [-0.1, -0.05) is 23.5 Å². The van der Waals surface area contributed by atoms with Crippen molar-refractivity contribution in [1.29, 1.82) is 0 Å². The summed E-state index contributed by atoms with van der Waals surface area (Å²) in [5.74, 6) is 1.99. The number of furan rings is 1. The molecule has 0 saturated carbocycles. The third kappa shape index (κ3) is 4.26. The molecule has 0 spiro atoms. The Hall–Kier alpha value is -4.12. The Bertz CT molecular complexity index is 1650. The van der Waals surface area contributed by atoms with Crippen molar-refractivity contribution >= 4 is 22.4 Å². The van der Waals surface area contributed by atoms with E-state index < -0.39 is 11.7 Å². The molecule has 3 heterocycles. The predicted molar refractivity (Wildman–Crippen MR) is 124 cm³/mol. The summed E-state index contributed by atoms with van der Waals surface area (Å²) >= 11 is 1.12. The number of rotatable bonds is 5. The molecule has 0 N–H and O–H groups in total. The molecule has 0 radical (unpaired) electrons. The summed E-state index contributed by atoms with van der Waals surface area (Å²) in [5.41, 5.74) is -0.222. The number of aromatic nitrogens is 3. The molecule has 178 valence electrons. The van der Waals surface area contributed by atoms with E-state index in [2.05, 4.69) is 10.1 Å². The Morgan fingerprint density at radius 1 is 1.00 bits per heavy atom. The van der Waals surface area contributed by atoms with Crippen LogP contribution in [-0.4, -0.2) is 28.8 Å². The Labute approximate surface area is 199 Å². The average molecular weight is 499 g/mol. The lowest BCUT2D eigenvalue weighted by Crippen LogP contribution is -2.23. The van der Waals surface area contributed by atoms with Crippen molar-refractivity contribution in [2.75, 3.05) is 14.2 Å². The molecular formula is C24H16F3N3O4S. The molecule has 0 fully saturated rings. The minimum absolute atomic E-state index is 0.255. The highest BCUT2D eigenvalue weighted by Crippen LogP contribution is 2.33. The van der Waals surface area contributed by atoms with Crippen LogP contribution in [0.15, 0.2) is 63.8 Å². The van der Waals surface area contributed by atoms with E-state index in [0.717, 1.165) is 23.5 Å². The number of methoxy groups -OCH3 is 2. The van der Waals surface area contributed by atoms with Gasteiger partial charge < -0.3 is 13.9 Å². The lowest BCUT2D eigenvalue weighted by molar-refractivity contribution is -0.137. The monoisotopic (exact) mass is 499 g/mol. The molecule has 2 aromatic carbocycles. The topological polar surface area (TPSA) is 78.9 Å². The molecule has 0 aliphatic heterocycles. The van der Waals surface area contributed by atoms with E-state index in [1.54, 1.807) is 30.3 Å². The van der Waals surface area contributed by atoms with Gasteiger partial charge in [-0.2, -0.15) is 22.7 Å². The van der Waals surface area contributed by atoms with Crippen molar-refractivity contribution in [3.8, 4) is 34.2 Å². The molecule has 0 atom stereocenters. The van der Waals surface area contributed by atoms with E-state index in [1.807, 2.05) is 0 Å². The van der Waals surface area contributed by atoms with Crippen LogP contribution in [0.4, 0.5) is 13.2 Å². The summed E-state index contributed by atoms with van der Waals surface area (Å²) in [6, 6.07) is 13.2. The molecular weight excluding hydrogens is 483 g/mol. The molecule has 5 rings (SSSR count). The first-order chi connectivity index (χ1) is 16.8. The highest BCUT2D eigenvalue weighted by atomic mass is 32.1. The molecule has 0 bridgehead atoms. The summed E-state index contributed by atoms with van der Waals surface area (Å²) in [6.07, 6.45) is -2.94. The second-order valence-electron chi connectivity index (χ2n) is 7.40. The van der Waals surface area contributed by atoms with Gasteiger partial charge >= 0.3 is 6.18 Å². The smallest absolute Gasteiger partial charge is 0.416 e. The first-order valence-electron chi connectivity index (χ1n) is 10.2. The van der Waals surface area contributed by atoms with Gasteiger partial charge in [0.25, 0.3) is 5.56 Å². The second-order valence-corrected chi connectivity index (χ2v) is 8.41. The quantitative estimate of drug-likeness (QED) is 0.350. The average Bonchev–Trinajstić information content (AvgIpc) is 3.55. The van der Waals surface area contributed by atoms with Crippen molar-refractivity contribution in [1.82, 2.24) is 14.6 Å². The van der Waals surface area contributed by atoms with Gasteiger partial charge in [-0.15, -0.1) is 5.10 Å². The number of benzene rings is 2. The first-order valence-corrected chi connectivity index (χ1v) is 11.0. The predicted octanol–water partition coefficient (Wildman–Crippen LogP) is 4.66. The van der Waals surface area contributed by atoms with Crippen LogP contribution in [0, 0.1) is 0 Å². The van der Waals surface area contributed by atoms with Gasteiger partial charge in [0.1, 0.15) is 16.1 Å². The van der Waals surface area contributed by atoms with E-state index in [4.69, 9.17) is 13.9 Å². The fourth-order valence-electron chi connectivity index (χ4n) is 3.49. The highest BCUT2D eigenvalue weighted by Gasteiger charge is 2.30. The van der Waals surface area contributed by atoms with E-state index in [-0.39, 0.29) is 16.9 Å². The zero-order valence-electron chi connectivity index (χ0n) is 18.3. The molecule has 35 heavy (non-hydrogen) atoms. The molecule has 11 heteroatoms. The van der Waals surface area contributed by atoms with E-state index in [0.29, 0.717) is 38.1 Å². The van der Waals surface area contributed by atoms with Gasteiger partial charge in [0.05, 0.1) is 19.8 Å². The lowest BCUT2D eigenvalue weighted by atomic mass is 10.1. The van der Waals surface area contributed by atoms with Crippen LogP contribution >= 0.6 is 11.3 Å². The van der Waals surface area contributed by atoms with Crippen LogP contribution in [-0.2, 0) is 6.18 Å². The molecule has 0 aliphatic carbocycles. The fourth-order valence-corrected chi connectivity index (χ4v) is 4.38. The number of halogens is 3. The Balaban J connectivity index is 1.47. The summed E-state index contributed by atoms with van der Waals surface area (Å²) < 4.78 is 56.7. The molecule has 0 unspecified atom stereocenters. The van der Waals surface area contributed by atoms with Crippen LogP contribution in [0.2, 0.25) is 0 Å². The summed E-state index contributed by atoms with van der Waals surface area (Å²) in [6.45, 7) is 0. The van der Waals surface area contributed by atoms with Crippen LogP contribution in [0.5, 0.6) is 11.5 Å². The zero-order valence-corrected chi connectivity index (χ0v) is 19.1. The third-order valence-corrected chi connectivity index (χ3v) is 6.16. The third-order valence-electron chi connectivity index (χ3n) is 5.20. The van der Waals surface area contributed by atoms with Crippen LogP contribution < -0.4 is 19.6 Å². The number of alkyl halides is 3. The summed E-state index contributed by atoms with van der Waals surface area (Å²) in [4.78, 5) is 17.7. The number of nitrogens with zero attached hydrogens (tertiary/aromatic N) is 3. The number of hydrogen-bond acceptors (Lipinski definition) is 7. The van der Waals surface area contributed by atoms with Gasteiger partial charge in [0, 0.05) is 17.2 Å². The lowest BCUT2D eigenvalue weighted by Gasteiger charge is -2.07. The largest absolute Gasteiger partial charge is 0.493 e. The molecule has 0 saturated heterocycles.